The monoisotopic (exact) mass is 428 g/mol. The largest absolute Gasteiger partial charge is 0.306 e. The van der Waals surface area contributed by atoms with E-state index in [-0.39, 0.29) is 22.4 Å². The molecular weight excluding hydrogens is 416 g/mol. The summed E-state index contributed by atoms with van der Waals surface area (Å²) in [6, 6.07) is 5.17. The van der Waals surface area contributed by atoms with Crippen molar-refractivity contribution in [3.05, 3.63) is 50.7 Å². The molecule has 0 fully saturated rings. The number of hydrogen-bond acceptors (Lipinski definition) is 8. The maximum Gasteiger partial charge on any atom is 0.282 e. The highest BCUT2D eigenvalue weighted by Crippen LogP contribution is 2.25. The first kappa shape index (κ1) is 19.4. The van der Waals surface area contributed by atoms with Gasteiger partial charge in [0, 0.05) is 30.4 Å². The van der Waals surface area contributed by atoms with Crippen molar-refractivity contribution in [1.29, 1.82) is 0 Å². The molecule has 1 aromatic heterocycles. The third-order valence-corrected chi connectivity index (χ3v) is 4.59. The van der Waals surface area contributed by atoms with Gasteiger partial charge in [-0.05, 0) is 19.1 Å². The summed E-state index contributed by atoms with van der Waals surface area (Å²) in [5.41, 5.74) is -0.132. The third kappa shape index (κ3) is 3.33. The number of nitrogens with one attached hydrogen (secondary N) is 1. The van der Waals surface area contributed by atoms with Crippen molar-refractivity contribution in [3.8, 4) is 0 Å². The van der Waals surface area contributed by atoms with Crippen LogP contribution < -0.4 is 5.32 Å². The SMILES string of the molecule is Cc1cc(NC(=O)c2cc(Cl)ccc2[N+](=O)[O-])n(C2=NC(=O)C3C=NN(C)C3=N2)n1. The van der Waals surface area contributed by atoms with Crippen molar-refractivity contribution < 1.29 is 14.5 Å². The van der Waals surface area contributed by atoms with Crippen LogP contribution in [0.2, 0.25) is 5.02 Å². The number of benzene rings is 1. The van der Waals surface area contributed by atoms with E-state index in [0.29, 0.717) is 11.5 Å². The van der Waals surface area contributed by atoms with Gasteiger partial charge in [-0.2, -0.15) is 24.9 Å². The van der Waals surface area contributed by atoms with Crippen molar-refractivity contribution in [3.63, 3.8) is 0 Å². The van der Waals surface area contributed by atoms with E-state index in [1.807, 2.05) is 0 Å². The molecule has 0 saturated heterocycles. The van der Waals surface area contributed by atoms with Crippen LogP contribution in [0.3, 0.4) is 0 Å². The summed E-state index contributed by atoms with van der Waals surface area (Å²) < 4.78 is 1.18. The van der Waals surface area contributed by atoms with Gasteiger partial charge in [-0.3, -0.25) is 24.7 Å². The van der Waals surface area contributed by atoms with Gasteiger partial charge in [0.1, 0.15) is 23.1 Å². The van der Waals surface area contributed by atoms with E-state index in [2.05, 4.69) is 25.5 Å². The summed E-state index contributed by atoms with van der Waals surface area (Å²) in [6.45, 7) is 1.67. The fourth-order valence-electron chi connectivity index (χ4n) is 2.97. The molecule has 4 rings (SSSR count). The van der Waals surface area contributed by atoms with Gasteiger partial charge in [0.2, 0.25) is 0 Å². The fraction of sp³-hybridized carbons (Fsp3) is 0.176. The van der Waals surface area contributed by atoms with Crippen molar-refractivity contribution >= 4 is 52.9 Å². The Morgan fingerprint density at radius 1 is 1.30 bits per heavy atom. The first-order valence-corrected chi connectivity index (χ1v) is 8.93. The highest BCUT2D eigenvalue weighted by atomic mass is 35.5. The number of carbonyl (C=O) groups excluding carboxylic acids is 2. The second-order valence-electron chi connectivity index (χ2n) is 6.44. The maximum atomic E-state index is 12.7. The zero-order valence-corrected chi connectivity index (χ0v) is 16.4. The van der Waals surface area contributed by atoms with Crippen LogP contribution in [0.4, 0.5) is 11.5 Å². The van der Waals surface area contributed by atoms with Gasteiger partial charge in [0.05, 0.1) is 10.6 Å². The number of nitro groups is 1. The van der Waals surface area contributed by atoms with E-state index >= 15 is 0 Å². The van der Waals surface area contributed by atoms with Crippen LogP contribution in [0.25, 0.3) is 0 Å². The highest BCUT2D eigenvalue weighted by Gasteiger charge is 2.35. The lowest BCUT2D eigenvalue weighted by Gasteiger charge is -2.17. The number of nitrogens with zero attached hydrogens (tertiary/aromatic N) is 7. The Labute approximate surface area is 173 Å². The first-order chi connectivity index (χ1) is 14.2. The molecule has 2 aromatic rings. The van der Waals surface area contributed by atoms with Gasteiger partial charge in [-0.25, -0.2) is 0 Å². The Morgan fingerprint density at radius 2 is 2.07 bits per heavy atom. The summed E-state index contributed by atoms with van der Waals surface area (Å²) in [6.07, 6.45) is 1.44. The molecule has 2 amide bonds. The number of nitro benzene ring substituents is 1. The average molecular weight is 429 g/mol. The topological polar surface area (TPSA) is 147 Å². The van der Waals surface area contributed by atoms with E-state index in [9.17, 15) is 19.7 Å². The number of hydrazone groups is 1. The molecule has 2 aliphatic rings. The molecule has 1 unspecified atom stereocenters. The number of hydrogen-bond donors (Lipinski definition) is 1. The minimum Gasteiger partial charge on any atom is -0.306 e. The third-order valence-electron chi connectivity index (χ3n) is 4.35. The lowest BCUT2D eigenvalue weighted by molar-refractivity contribution is -0.385. The Hall–Kier alpha value is -3.93. The molecule has 12 nitrogen and oxygen atoms in total. The predicted molar refractivity (Wildman–Crippen MR) is 108 cm³/mol. The number of aliphatic imine (C=N–C) groups is 2. The second kappa shape index (κ2) is 7.15. The molecule has 0 radical (unpaired) electrons. The molecule has 30 heavy (non-hydrogen) atoms. The van der Waals surface area contributed by atoms with Crippen LogP contribution in [-0.4, -0.2) is 56.6 Å². The maximum absolute atomic E-state index is 12.7. The zero-order valence-electron chi connectivity index (χ0n) is 15.6. The molecule has 1 N–H and O–H groups in total. The minimum absolute atomic E-state index is 0.0624. The smallest absolute Gasteiger partial charge is 0.282 e. The Balaban J connectivity index is 1.70. The fourth-order valence-corrected chi connectivity index (χ4v) is 3.15. The molecule has 13 heteroatoms. The molecule has 0 saturated carbocycles. The summed E-state index contributed by atoms with van der Waals surface area (Å²) >= 11 is 5.90. The number of amidine groups is 1. The van der Waals surface area contributed by atoms with Crippen LogP contribution in [0.15, 0.2) is 39.4 Å². The van der Waals surface area contributed by atoms with Crippen LogP contribution in [0.5, 0.6) is 0 Å². The Bertz CT molecular complexity index is 1200. The first-order valence-electron chi connectivity index (χ1n) is 8.56. The standard InChI is InChI=1S/C17H13ClN8O4/c1-8-5-13(20-15(27)10-6-9(18)3-4-12(10)26(29)30)25(23-8)17-21-14-11(16(28)22-17)7-19-24(14)2/h3-7,11H,1-2H3,(H,20,27). The normalized spacial score (nSPS) is 17.5. The van der Waals surface area contributed by atoms with Crippen LogP contribution in [0, 0.1) is 23.0 Å². The molecule has 3 heterocycles. The van der Waals surface area contributed by atoms with Crippen molar-refractivity contribution in [2.24, 2.45) is 21.0 Å². The second-order valence-corrected chi connectivity index (χ2v) is 6.88. The molecule has 0 bridgehead atoms. The lowest BCUT2D eigenvalue weighted by atomic mass is 10.1. The molecule has 0 spiro atoms. The summed E-state index contributed by atoms with van der Waals surface area (Å²) in [4.78, 5) is 43.9. The number of carbonyl (C=O) groups is 2. The number of amides is 2. The van der Waals surface area contributed by atoms with Gasteiger partial charge in [-0.1, -0.05) is 11.6 Å². The van der Waals surface area contributed by atoms with Crippen LogP contribution >= 0.6 is 11.6 Å². The Kier molecular flexibility index (Phi) is 4.62. The molecule has 1 aromatic carbocycles. The number of aryl methyl sites for hydroxylation is 1. The molecular formula is C17H13ClN8O4. The van der Waals surface area contributed by atoms with Crippen molar-refractivity contribution in [2.75, 3.05) is 12.4 Å². The summed E-state index contributed by atoms with van der Waals surface area (Å²) in [5, 5.41) is 23.7. The molecule has 0 aliphatic carbocycles. The van der Waals surface area contributed by atoms with E-state index in [1.54, 1.807) is 14.0 Å². The van der Waals surface area contributed by atoms with E-state index in [1.165, 1.54) is 34.1 Å². The number of anilines is 1. The minimum atomic E-state index is -0.778. The number of aromatic nitrogens is 2. The number of fused-ring (bicyclic) bond motifs is 1. The molecule has 152 valence electrons. The average Bonchev–Trinajstić information content (AvgIpc) is 3.24. The van der Waals surface area contributed by atoms with Gasteiger partial charge in [-0.15, -0.1) is 0 Å². The van der Waals surface area contributed by atoms with Gasteiger partial charge in [0.15, 0.2) is 0 Å². The van der Waals surface area contributed by atoms with E-state index in [4.69, 9.17) is 11.6 Å². The Morgan fingerprint density at radius 3 is 2.80 bits per heavy atom. The quantitative estimate of drug-likeness (QED) is 0.581. The molecule has 2 aliphatic heterocycles. The zero-order chi connectivity index (χ0) is 21.6. The van der Waals surface area contributed by atoms with Gasteiger partial charge >= 0.3 is 0 Å². The van der Waals surface area contributed by atoms with Gasteiger partial charge < -0.3 is 5.32 Å². The highest BCUT2D eigenvalue weighted by molar-refractivity contribution is 6.31. The van der Waals surface area contributed by atoms with Crippen molar-refractivity contribution in [2.45, 2.75) is 6.92 Å². The van der Waals surface area contributed by atoms with Crippen molar-refractivity contribution in [1.82, 2.24) is 14.8 Å². The predicted octanol–water partition coefficient (Wildman–Crippen LogP) is 1.70. The summed E-state index contributed by atoms with van der Waals surface area (Å²) in [5.74, 6) is -1.47. The van der Waals surface area contributed by atoms with Gasteiger partial charge in [0.25, 0.3) is 23.5 Å². The van der Waals surface area contributed by atoms with E-state index < -0.39 is 28.3 Å². The van der Waals surface area contributed by atoms with Crippen LogP contribution in [-0.2, 0) is 4.79 Å². The van der Waals surface area contributed by atoms with Crippen LogP contribution in [0.1, 0.15) is 16.1 Å². The molecule has 1 atom stereocenters. The number of rotatable bonds is 3. The number of halogens is 1. The summed E-state index contributed by atoms with van der Waals surface area (Å²) in [7, 11) is 1.64. The lowest BCUT2D eigenvalue weighted by Crippen LogP contribution is -2.35. The van der Waals surface area contributed by atoms with E-state index in [0.717, 1.165) is 6.07 Å².